The van der Waals surface area contributed by atoms with Crippen LogP contribution in [0.15, 0.2) is 28.3 Å². The minimum absolute atomic E-state index is 0.792. The second kappa shape index (κ2) is 6.23. The lowest BCUT2D eigenvalue weighted by molar-refractivity contribution is 0.672. The van der Waals surface area contributed by atoms with Gasteiger partial charge >= 0.3 is 0 Å². The maximum atomic E-state index is 4.38. The van der Waals surface area contributed by atoms with E-state index in [1.807, 2.05) is 24.5 Å². The molecule has 3 nitrogen and oxygen atoms in total. The van der Waals surface area contributed by atoms with Crippen molar-refractivity contribution in [2.45, 2.75) is 19.9 Å². The van der Waals surface area contributed by atoms with Crippen molar-refractivity contribution in [1.82, 2.24) is 15.3 Å². The molecule has 2 rings (SSSR count). The minimum atomic E-state index is 0.792. The highest BCUT2D eigenvalue weighted by atomic mass is 79.9. The average Bonchev–Trinajstić information content (AvgIpc) is 2.77. The number of hydrogen-bond acceptors (Lipinski definition) is 4. The van der Waals surface area contributed by atoms with Gasteiger partial charge in [0.1, 0.15) is 0 Å². The Bertz CT molecular complexity index is 467. The van der Waals surface area contributed by atoms with Crippen LogP contribution >= 0.6 is 27.3 Å². The molecule has 0 saturated heterocycles. The standard InChI is InChI=1S/C12H14BrN3S/c1-2-5-14-6-9-7-15-12(16-8-9)10-3-4-11(13)17-10/h3-4,7-8,14H,2,5-6H2,1H3. The van der Waals surface area contributed by atoms with E-state index in [9.17, 15) is 0 Å². The summed E-state index contributed by atoms with van der Waals surface area (Å²) in [5.74, 6) is 0.792. The van der Waals surface area contributed by atoms with Crippen LogP contribution in [-0.2, 0) is 6.54 Å². The van der Waals surface area contributed by atoms with Crippen molar-refractivity contribution in [3.63, 3.8) is 0 Å². The van der Waals surface area contributed by atoms with Gasteiger partial charge < -0.3 is 5.32 Å². The van der Waals surface area contributed by atoms with Gasteiger partial charge in [-0.15, -0.1) is 11.3 Å². The quantitative estimate of drug-likeness (QED) is 0.859. The summed E-state index contributed by atoms with van der Waals surface area (Å²) < 4.78 is 1.10. The maximum absolute atomic E-state index is 4.38. The molecule has 2 heterocycles. The zero-order valence-electron chi connectivity index (χ0n) is 9.61. The lowest BCUT2D eigenvalue weighted by Gasteiger charge is -2.02. The molecule has 0 saturated carbocycles. The first kappa shape index (κ1) is 12.7. The molecule has 0 aliphatic carbocycles. The van der Waals surface area contributed by atoms with Crippen LogP contribution < -0.4 is 5.32 Å². The largest absolute Gasteiger partial charge is 0.313 e. The van der Waals surface area contributed by atoms with Crippen LogP contribution in [0.25, 0.3) is 10.7 Å². The highest BCUT2D eigenvalue weighted by Gasteiger charge is 2.04. The predicted molar refractivity (Wildman–Crippen MR) is 75.0 cm³/mol. The summed E-state index contributed by atoms with van der Waals surface area (Å²) in [4.78, 5) is 9.85. The van der Waals surface area contributed by atoms with Crippen LogP contribution in [0.2, 0.25) is 0 Å². The normalized spacial score (nSPS) is 10.7. The lowest BCUT2D eigenvalue weighted by atomic mass is 10.3. The molecular weight excluding hydrogens is 298 g/mol. The average molecular weight is 312 g/mol. The van der Waals surface area contributed by atoms with Gasteiger partial charge in [0.2, 0.25) is 0 Å². The summed E-state index contributed by atoms with van der Waals surface area (Å²) >= 11 is 5.08. The molecule has 0 amide bonds. The van der Waals surface area contributed by atoms with Crippen molar-refractivity contribution < 1.29 is 0 Å². The summed E-state index contributed by atoms with van der Waals surface area (Å²) in [5.41, 5.74) is 1.12. The van der Waals surface area contributed by atoms with Crippen molar-refractivity contribution in [3.05, 3.63) is 33.9 Å². The fourth-order valence-corrected chi connectivity index (χ4v) is 2.75. The van der Waals surface area contributed by atoms with Crippen molar-refractivity contribution >= 4 is 27.3 Å². The number of nitrogens with one attached hydrogen (secondary N) is 1. The molecule has 0 aliphatic heterocycles. The number of halogens is 1. The van der Waals surface area contributed by atoms with Crippen molar-refractivity contribution in [2.24, 2.45) is 0 Å². The zero-order valence-corrected chi connectivity index (χ0v) is 12.0. The molecule has 0 radical (unpaired) electrons. The number of rotatable bonds is 5. The van der Waals surface area contributed by atoms with Crippen LogP contribution in [0.5, 0.6) is 0 Å². The molecule has 0 bridgehead atoms. The summed E-state index contributed by atoms with van der Waals surface area (Å²) in [6.07, 6.45) is 4.92. The third-order valence-corrected chi connectivity index (χ3v) is 3.87. The maximum Gasteiger partial charge on any atom is 0.169 e. The lowest BCUT2D eigenvalue weighted by Crippen LogP contribution is -2.14. The Morgan fingerprint density at radius 2 is 2.06 bits per heavy atom. The summed E-state index contributed by atoms with van der Waals surface area (Å²) in [6, 6.07) is 4.04. The van der Waals surface area contributed by atoms with E-state index >= 15 is 0 Å². The highest BCUT2D eigenvalue weighted by molar-refractivity contribution is 9.11. The monoisotopic (exact) mass is 311 g/mol. The molecule has 0 unspecified atom stereocenters. The first-order chi connectivity index (χ1) is 8.29. The van der Waals surface area contributed by atoms with E-state index < -0.39 is 0 Å². The van der Waals surface area contributed by atoms with Crippen molar-refractivity contribution in [3.8, 4) is 10.7 Å². The number of aromatic nitrogens is 2. The van der Waals surface area contributed by atoms with Crippen LogP contribution in [0, 0.1) is 0 Å². The summed E-state index contributed by atoms with van der Waals surface area (Å²) in [7, 11) is 0. The Labute approximate surface area is 113 Å². The van der Waals surface area contributed by atoms with E-state index in [2.05, 4.69) is 38.1 Å². The molecule has 0 fully saturated rings. The highest BCUT2D eigenvalue weighted by Crippen LogP contribution is 2.28. The topological polar surface area (TPSA) is 37.8 Å². The predicted octanol–water partition coefficient (Wildman–Crippen LogP) is 3.47. The Morgan fingerprint density at radius 3 is 2.65 bits per heavy atom. The van der Waals surface area contributed by atoms with Crippen LogP contribution in [-0.4, -0.2) is 16.5 Å². The van der Waals surface area contributed by atoms with Gasteiger partial charge in [-0.2, -0.15) is 0 Å². The molecule has 1 N–H and O–H groups in total. The third-order valence-electron chi connectivity index (χ3n) is 2.25. The molecular formula is C12H14BrN3S. The fraction of sp³-hybridized carbons (Fsp3) is 0.333. The second-order valence-electron chi connectivity index (χ2n) is 3.70. The molecule has 90 valence electrons. The number of hydrogen-bond donors (Lipinski definition) is 1. The SMILES string of the molecule is CCCNCc1cnc(-c2ccc(Br)s2)nc1. The Balaban J connectivity index is 2.02. The van der Waals surface area contributed by atoms with Gasteiger partial charge in [0, 0.05) is 24.5 Å². The molecule has 0 aromatic carbocycles. The second-order valence-corrected chi connectivity index (χ2v) is 6.16. The third kappa shape index (κ3) is 3.59. The van der Waals surface area contributed by atoms with E-state index in [0.29, 0.717) is 0 Å². The van der Waals surface area contributed by atoms with Gasteiger partial charge in [0.15, 0.2) is 5.82 Å². The van der Waals surface area contributed by atoms with Gasteiger partial charge in [0.25, 0.3) is 0 Å². The van der Waals surface area contributed by atoms with Gasteiger partial charge in [-0.3, -0.25) is 0 Å². The minimum Gasteiger partial charge on any atom is -0.313 e. The molecule has 0 atom stereocenters. The van der Waals surface area contributed by atoms with Gasteiger partial charge in [0.05, 0.1) is 8.66 Å². The molecule has 5 heteroatoms. The zero-order chi connectivity index (χ0) is 12.1. The Morgan fingerprint density at radius 1 is 1.29 bits per heavy atom. The van der Waals surface area contributed by atoms with E-state index in [1.54, 1.807) is 11.3 Å². The van der Waals surface area contributed by atoms with E-state index in [-0.39, 0.29) is 0 Å². The number of thiophene rings is 1. The fourth-order valence-electron chi connectivity index (χ4n) is 1.42. The molecule has 0 aliphatic rings. The molecule has 17 heavy (non-hydrogen) atoms. The molecule has 2 aromatic rings. The number of nitrogens with zero attached hydrogens (tertiary/aromatic N) is 2. The summed E-state index contributed by atoms with van der Waals surface area (Å²) in [5, 5.41) is 3.33. The first-order valence-corrected chi connectivity index (χ1v) is 7.18. The summed E-state index contributed by atoms with van der Waals surface area (Å²) in [6.45, 7) is 4.02. The van der Waals surface area contributed by atoms with Crippen molar-refractivity contribution in [2.75, 3.05) is 6.54 Å². The van der Waals surface area contributed by atoms with Crippen LogP contribution in [0.1, 0.15) is 18.9 Å². The van der Waals surface area contributed by atoms with E-state index in [4.69, 9.17) is 0 Å². The van der Waals surface area contributed by atoms with E-state index in [1.165, 1.54) is 0 Å². The van der Waals surface area contributed by atoms with Crippen LogP contribution in [0.3, 0.4) is 0 Å². The first-order valence-electron chi connectivity index (χ1n) is 5.57. The van der Waals surface area contributed by atoms with Crippen LogP contribution in [0.4, 0.5) is 0 Å². The Hall–Kier alpha value is -0.780. The molecule has 0 spiro atoms. The molecule has 2 aromatic heterocycles. The van der Waals surface area contributed by atoms with Gasteiger partial charge in [-0.05, 0) is 41.0 Å². The van der Waals surface area contributed by atoms with E-state index in [0.717, 1.165) is 39.6 Å². The van der Waals surface area contributed by atoms with Gasteiger partial charge in [-0.25, -0.2) is 9.97 Å². The smallest absolute Gasteiger partial charge is 0.169 e. The van der Waals surface area contributed by atoms with Gasteiger partial charge in [-0.1, -0.05) is 6.92 Å². The Kier molecular flexibility index (Phi) is 4.65. The van der Waals surface area contributed by atoms with Crippen molar-refractivity contribution in [1.29, 1.82) is 0 Å².